The molecular weight excluding hydrogens is 224 g/mol. The van der Waals surface area contributed by atoms with Crippen molar-refractivity contribution in [2.45, 2.75) is 32.7 Å². The number of pyridine rings is 1. The van der Waals surface area contributed by atoms with Crippen LogP contribution in [0.1, 0.15) is 29.7 Å². The summed E-state index contributed by atoms with van der Waals surface area (Å²) in [5.41, 5.74) is 2.73. The van der Waals surface area contributed by atoms with Crippen LogP contribution in [-0.4, -0.2) is 31.2 Å². The Balaban J connectivity index is 2.41. The zero-order valence-electron chi connectivity index (χ0n) is 11.3. The molecule has 1 atom stereocenters. The largest absolute Gasteiger partial charge is 0.351 e. The van der Waals surface area contributed by atoms with Gasteiger partial charge >= 0.3 is 0 Å². The first kappa shape index (κ1) is 12.8. The lowest BCUT2D eigenvalue weighted by atomic mass is 10.1. The first-order valence-electron chi connectivity index (χ1n) is 6.47. The summed E-state index contributed by atoms with van der Waals surface area (Å²) in [6.07, 6.45) is 2.34. The van der Waals surface area contributed by atoms with Crippen molar-refractivity contribution in [3.63, 3.8) is 0 Å². The Kier molecular flexibility index (Phi) is 3.83. The van der Waals surface area contributed by atoms with Crippen LogP contribution in [0.4, 0.5) is 5.82 Å². The van der Waals surface area contributed by atoms with Crippen molar-refractivity contribution in [2.75, 3.05) is 25.0 Å². The average Bonchev–Trinajstić information content (AvgIpc) is 2.76. The number of aryl methyl sites for hydroxylation is 2. The molecular formula is C14H20N4. The molecule has 96 valence electrons. The Morgan fingerprint density at radius 3 is 3.00 bits per heavy atom. The van der Waals surface area contributed by atoms with Crippen molar-refractivity contribution in [1.29, 1.82) is 5.26 Å². The van der Waals surface area contributed by atoms with Gasteiger partial charge in [0.05, 0.1) is 5.56 Å². The fraction of sp³-hybridized carbons (Fsp3) is 0.571. The highest BCUT2D eigenvalue weighted by atomic mass is 15.2. The highest BCUT2D eigenvalue weighted by Gasteiger charge is 2.27. The monoisotopic (exact) mass is 244 g/mol. The van der Waals surface area contributed by atoms with E-state index in [4.69, 9.17) is 0 Å². The second-order valence-electron chi connectivity index (χ2n) is 4.94. The van der Waals surface area contributed by atoms with Gasteiger partial charge in [0.15, 0.2) is 0 Å². The third-order valence-electron chi connectivity index (χ3n) is 3.53. The SMILES string of the molecule is CNCC1CCCN1c1nc(C)cc(C)c1C#N. The Bertz CT molecular complexity index is 475. The standard InChI is InChI=1S/C14H20N4/c1-10-7-11(2)17-14(13(10)8-15)18-6-4-5-12(18)9-16-3/h7,12,16H,4-6,9H2,1-3H3. The zero-order valence-corrected chi connectivity index (χ0v) is 11.3. The van der Waals surface area contributed by atoms with Crippen LogP contribution in [0.2, 0.25) is 0 Å². The number of rotatable bonds is 3. The molecule has 1 aromatic rings. The Morgan fingerprint density at radius 1 is 1.56 bits per heavy atom. The summed E-state index contributed by atoms with van der Waals surface area (Å²) in [5.74, 6) is 0.868. The minimum atomic E-state index is 0.454. The summed E-state index contributed by atoms with van der Waals surface area (Å²) in [7, 11) is 1.97. The van der Waals surface area contributed by atoms with E-state index < -0.39 is 0 Å². The van der Waals surface area contributed by atoms with Gasteiger partial charge in [-0.1, -0.05) is 0 Å². The topological polar surface area (TPSA) is 52.0 Å². The highest BCUT2D eigenvalue weighted by Crippen LogP contribution is 2.28. The van der Waals surface area contributed by atoms with Gasteiger partial charge in [-0.05, 0) is 45.4 Å². The van der Waals surface area contributed by atoms with Crippen molar-refractivity contribution in [3.05, 3.63) is 22.9 Å². The van der Waals surface area contributed by atoms with Crippen molar-refractivity contribution < 1.29 is 0 Å². The zero-order chi connectivity index (χ0) is 13.1. The van der Waals surface area contributed by atoms with Crippen LogP contribution in [0.5, 0.6) is 0 Å². The highest BCUT2D eigenvalue weighted by molar-refractivity contribution is 5.59. The van der Waals surface area contributed by atoms with Crippen LogP contribution in [0.25, 0.3) is 0 Å². The molecule has 18 heavy (non-hydrogen) atoms. The minimum absolute atomic E-state index is 0.454. The van der Waals surface area contributed by atoms with Gasteiger partial charge in [-0.15, -0.1) is 0 Å². The summed E-state index contributed by atoms with van der Waals surface area (Å²) in [6.45, 7) is 5.91. The normalized spacial score (nSPS) is 19.0. The molecule has 1 aliphatic rings. The molecule has 1 aliphatic heterocycles. The van der Waals surface area contributed by atoms with Gasteiger partial charge in [-0.2, -0.15) is 5.26 Å². The second kappa shape index (κ2) is 5.36. The molecule has 4 heteroatoms. The molecule has 0 amide bonds. The number of nitriles is 1. The fourth-order valence-electron chi connectivity index (χ4n) is 2.73. The smallest absolute Gasteiger partial charge is 0.147 e. The van der Waals surface area contributed by atoms with E-state index >= 15 is 0 Å². The van der Waals surface area contributed by atoms with E-state index in [0.717, 1.165) is 35.7 Å². The third kappa shape index (κ3) is 2.32. The van der Waals surface area contributed by atoms with Crippen molar-refractivity contribution in [3.8, 4) is 6.07 Å². The molecule has 1 aromatic heterocycles. The molecule has 1 fully saturated rings. The van der Waals surface area contributed by atoms with E-state index in [1.165, 1.54) is 12.8 Å². The van der Waals surface area contributed by atoms with Crippen LogP contribution in [0.15, 0.2) is 6.07 Å². The molecule has 0 bridgehead atoms. The molecule has 2 rings (SSSR count). The molecule has 1 unspecified atom stereocenters. The van der Waals surface area contributed by atoms with E-state index in [2.05, 4.69) is 21.3 Å². The number of anilines is 1. The van der Waals surface area contributed by atoms with Crippen LogP contribution >= 0.6 is 0 Å². The number of nitrogens with one attached hydrogen (secondary N) is 1. The average molecular weight is 244 g/mol. The first-order chi connectivity index (χ1) is 8.67. The summed E-state index contributed by atoms with van der Waals surface area (Å²) in [5, 5.41) is 12.6. The number of hydrogen-bond donors (Lipinski definition) is 1. The van der Waals surface area contributed by atoms with Gasteiger partial charge in [0.25, 0.3) is 0 Å². The fourth-order valence-corrected chi connectivity index (χ4v) is 2.73. The molecule has 4 nitrogen and oxygen atoms in total. The quantitative estimate of drug-likeness (QED) is 0.880. The van der Waals surface area contributed by atoms with Crippen molar-refractivity contribution >= 4 is 5.82 Å². The molecule has 0 radical (unpaired) electrons. The molecule has 0 spiro atoms. The summed E-state index contributed by atoms with van der Waals surface area (Å²) >= 11 is 0. The third-order valence-corrected chi connectivity index (χ3v) is 3.53. The minimum Gasteiger partial charge on any atom is -0.351 e. The van der Waals surface area contributed by atoms with Gasteiger partial charge in [0.1, 0.15) is 11.9 Å². The van der Waals surface area contributed by atoms with Crippen LogP contribution < -0.4 is 10.2 Å². The van der Waals surface area contributed by atoms with E-state index in [0.29, 0.717) is 6.04 Å². The number of likely N-dealkylation sites (N-methyl/N-ethyl adjacent to an activating group) is 1. The van der Waals surface area contributed by atoms with Crippen LogP contribution in [0.3, 0.4) is 0 Å². The summed E-state index contributed by atoms with van der Waals surface area (Å²) in [4.78, 5) is 6.88. The van der Waals surface area contributed by atoms with Gasteiger partial charge < -0.3 is 10.2 Å². The van der Waals surface area contributed by atoms with Gasteiger partial charge in [-0.3, -0.25) is 0 Å². The van der Waals surface area contributed by atoms with Crippen LogP contribution in [0, 0.1) is 25.2 Å². The van der Waals surface area contributed by atoms with Gasteiger partial charge in [0, 0.05) is 24.8 Å². The maximum absolute atomic E-state index is 9.33. The Labute approximate surface area is 109 Å². The van der Waals surface area contributed by atoms with E-state index in [-0.39, 0.29) is 0 Å². The molecule has 0 aliphatic carbocycles. The molecule has 2 heterocycles. The summed E-state index contributed by atoms with van der Waals surface area (Å²) < 4.78 is 0. The first-order valence-corrected chi connectivity index (χ1v) is 6.47. The summed E-state index contributed by atoms with van der Waals surface area (Å²) in [6, 6.07) is 4.74. The number of hydrogen-bond acceptors (Lipinski definition) is 4. The molecule has 0 saturated carbocycles. The predicted molar refractivity (Wildman–Crippen MR) is 72.7 cm³/mol. The molecule has 0 aromatic carbocycles. The molecule has 1 saturated heterocycles. The predicted octanol–water partition coefficient (Wildman–Crippen LogP) is 1.76. The lowest BCUT2D eigenvalue weighted by Gasteiger charge is -2.27. The van der Waals surface area contributed by atoms with Crippen molar-refractivity contribution in [2.24, 2.45) is 0 Å². The lowest BCUT2D eigenvalue weighted by molar-refractivity contribution is 0.611. The Morgan fingerprint density at radius 2 is 2.33 bits per heavy atom. The maximum Gasteiger partial charge on any atom is 0.147 e. The van der Waals surface area contributed by atoms with E-state index in [1.807, 2.05) is 27.0 Å². The Hall–Kier alpha value is -1.60. The molecule has 1 N–H and O–H groups in total. The lowest BCUT2D eigenvalue weighted by Crippen LogP contribution is -2.37. The van der Waals surface area contributed by atoms with Gasteiger partial charge in [0.2, 0.25) is 0 Å². The second-order valence-corrected chi connectivity index (χ2v) is 4.94. The maximum atomic E-state index is 9.33. The number of nitrogens with zero attached hydrogens (tertiary/aromatic N) is 3. The van der Waals surface area contributed by atoms with E-state index in [9.17, 15) is 5.26 Å². The van der Waals surface area contributed by atoms with Gasteiger partial charge in [-0.25, -0.2) is 4.98 Å². The van der Waals surface area contributed by atoms with Crippen LogP contribution in [-0.2, 0) is 0 Å². The van der Waals surface area contributed by atoms with Crippen molar-refractivity contribution in [1.82, 2.24) is 10.3 Å². The number of aromatic nitrogens is 1. The van der Waals surface area contributed by atoms with E-state index in [1.54, 1.807) is 0 Å².